The van der Waals surface area contributed by atoms with E-state index in [1.807, 2.05) is 0 Å². The average Bonchev–Trinajstić information content (AvgIpc) is 2.16. The van der Waals surface area contributed by atoms with E-state index in [2.05, 4.69) is 10.3 Å². The molecule has 1 aromatic rings. The van der Waals surface area contributed by atoms with Crippen molar-refractivity contribution in [3.05, 3.63) is 33.4 Å². The second kappa shape index (κ2) is 3.57. The molecule has 0 fully saturated rings. The van der Waals surface area contributed by atoms with Gasteiger partial charge in [-0.05, 0) is 22.0 Å². The van der Waals surface area contributed by atoms with Gasteiger partial charge in [-0.2, -0.15) is 0 Å². The van der Waals surface area contributed by atoms with Gasteiger partial charge in [0.05, 0.1) is 5.29 Å². The van der Waals surface area contributed by atoms with Crippen LogP contribution in [0.1, 0.15) is 0 Å². The summed E-state index contributed by atoms with van der Waals surface area (Å²) in [5.41, 5.74) is 0.0718. The first-order chi connectivity index (χ1) is 6.16. The molecule has 7 nitrogen and oxygen atoms in total. The maximum Gasteiger partial charge on any atom is 0.389 e. The highest BCUT2D eigenvalue weighted by Crippen LogP contribution is 2.23. The largest absolute Gasteiger partial charge is 0.389 e. The SMILES string of the molecule is CN(N=O)c1cccnc1[N+](=O)[O-]. The summed E-state index contributed by atoms with van der Waals surface area (Å²) in [4.78, 5) is 23.4. The predicted molar refractivity (Wildman–Crippen MR) is 45.1 cm³/mol. The van der Waals surface area contributed by atoms with Crippen molar-refractivity contribution < 1.29 is 4.92 Å². The molecule has 0 N–H and O–H groups in total. The molecule has 0 atom stereocenters. The Morgan fingerprint density at radius 2 is 2.38 bits per heavy atom. The fourth-order valence-electron chi connectivity index (χ4n) is 0.826. The monoisotopic (exact) mass is 182 g/mol. The quantitative estimate of drug-likeness (QED) is 0.396. The average molecular weight is 182 g/mol. The minimum Gasteiger partial charge on any atom is -0.358 e. The lowest BCUT2D eigenvalue weighted by molar-refractivity contribution is -0.388. The summed E-state index contributed by atoms with van der Waals surface area (Å²) >= 11 is 0. The van der Waals surface area contributed by atoms with E-state index >= 15 is 0 Å². The highest BCUT2D eigenvalue weighted by molar-refractivity contribution is 5.57. The van der Waals surface area contributed by atoms with Crippen LogP contribution >= 0.6 is 0 Å². The molecule has 7 heteroatoms. The van der Waals surface area contributed by atoms with Crippen molar-refractivity contribution >= 4 is 11.5 Å². The molecular weight excluding hydrogens is 176 g/mol. The van der Waals surface area contributed by atoms with Crippen LogP contribution in [-0.2, 0) is 0 Å². The normalized spacial score (nSPS) is 9.31. The van der Waals surface area contributed by atoms with E-state index in [9.17, 15) is 15.0 Å². The second-order valence-electron chi connectivity index (χ2n) is 2.21. The molecule has 1 aromatic heterocycles. The van der Waals surface area contributed by atoms with Crippen LogP contribution in [0.4, 0.5) is 11.5 Å². The van der Waals surface area contributed by atoms with Crippen molar-refractivity contribution in [3.8, 4) is 0 Å². The maximum absolute atomic E-state index is 10.4. The highest BCUT2D eigenvalue weighted by Gasteiger charge is 2.17. The Hall–Kier alpha value is -2.05. The summed E-state index contributed by atoms with van der Waals surface area (Å²) in [6.07, 6.45) is 1.28. The Bertz CT molecular complexity index is 340. The van der Waals surface area contributed by atoms with Crippen molar-refractivity contribution in [1.29, 1.82) is 0 Å². The zero-order valence-corrected chi connectivity index (χ0v) is 6.75. The first-order valence-corrected chi connectivity index (χ1v) is 3.33. The molecule has 0 aliphatic heterocycles. The second-order valence-corrected chi connectivity index (χ2v) is 2.21. The van der Waals surface area contributed by atoms with Crippen molar-refractivity contribution in [2.45, 2.75) is 0 Å². The van der Waals surface area contributed by atoms with Crippen LogP contribution in [0.5, 0.6) is 0 Å². The van der Waals surface area contributed by atoms with Crippen LogP contribution in [0.2, 0.25) is 0 Å². The Morgan fingerprint density at radius 3 is 2.92 bits per heavy atom. The number of nitro groups is 1. The van der Waals surface area contributed by atoms with E-state index in [-0.39, 0.29) is 11.5 Å². The molecule has 0 aliphatic rings. The molecule has 68 valence electrons. The van der Waals surface area contributed by atoms with Crippen LogP contribution < -0.4 is 5.01 Å². The Labute approximate surface area is 73.1 Å². The lowest BCUT2D eigenvalue weighted by Crippen LogP contribution is -2.10. The number of anilines is 1. The molecule has 1 rings (SSSR count). The predicted octanol–water partition coefficient (Wildman–Crippen LogP) is 1.11. The molecule has 0 aliphatic carbocycles. The van der Waals surface area contributed by atoms with Crippen molar-refractivity contribution in [3.63, 3.8) is 0 Å². The molecule has 13 heavy (non-hydrogen) atoms. The van der Waals surface area contributed by atoms with E-state index in [1.165, 1.54) is 25.4 Å². The zero-order valence-electron chi connectivity index (χ0n) is 6.75. The van der Waals surface area contributed by atoms with Crippen molar-refractivity contribution in [1.82, 2.24) is 4.98 Å². The first kappa shape index (κ1) is 9.04. The Kier molecular flexibility index (Phi) is 2.48. The molecule has 1 heterocycles. The van der Waals surface area contributed by atoms with Gasteiger partial charge in [0, 0.05) is 7.05 Å². The van der Waals surface area contributed by atoms with Gasteiger partial charge in [-0.15, -0.1) is 4.91 Å². The molecule has 0 saturated carbocycles. The van der Waals surface area contributed by atoms with Gasteiger partial charge in [-0.3, -0.25) is 0 Å². The van der Waals surface area contributed by atoms with Gasteiger partial charge >= 0.3 is 5.82 Å². The number of nitroso groups, excluding NO2 is 1. The molecule has 0 bridgehead atoms. The van der Waals surface area contributed by atoms with Crippen LogP contribution in [0.25, 0.3) is 0 Å². The summed E-state index contributed by atoms with van der Waals surface area (Å²) in [6, 6.07) is 2.89. The summed E-state index contributed by atoms with van der Waals surface area (Å²) < 4.78 is 0. The van der Waals surface area contributed by atoms with Crippen LogP contribution in [0, 0.1) is 15.0 Å². The zero-order chi connectivity index (χ0) is 9.84. The minimum absolute atomic E-state index is 0.0718. The topological polar surface area (TPSA) is 88.7 Å². The number of rotatable bonds is 3. The molecule has 0 aromatic carbocycles. The number of pyridine rings is 1. The van der Waals surface area contributed by atoms with Gasteiger partial charge in [0.2, 0.25) is 0 Å². The molecule has 0 amide bonds. The summed E-state index contributed by atoms with van der Waals surface area (Å²) in [7, 11) is 1.32. The van der Waals surface area contributed by atoms with E-state index in [1.54, 1.807) is 0 Å². The van der Waals surface area contributed by atoms with Gasteiger partial charge in [0.1, 0.15) is 6.20 Å². The minimum atomic E-state index is -0.670. The summed E-state index contributed by atoms with van der Waals surface area (Å²) in [6.45, 7) is 0. The van der Waals surface area contributed by atoms with Crippen LogP contribution in [-0.4, -0.2) is 17.0 Å². The molecule has 0 spiro atoms. The summed E-state index contributed by atoms with van der Waals surface area (Å²) in [5.74, 6) is -0.385. The number of hydrogen-bond acceptors (Lipinski definition) is 5. The van der Waals surface area contributed by atoms with E-state index in [0.717, 1.165) is 5.01 Å². The Balaban J connectivity index is 3.19. The standard InChI is InChI=1S/C6H6N4O3/c1-9(8-11)5-3-2-4-7-6(5)10(12)13/h2-4H,1H3. The lowest BCUT2D eigenvalue weighted by Gasteiger charge is -2.06. The van der Waals surface area contributed by atoms with E-state index in [0.29, 0.717) is 0 Å². The number of nitrogens with zero attached hydrogens (tertiary/aromatic N) is 4. The van der Waals surface area contributed by atoms with E-state index < -0.39 is 4.92 Å². The smallest absolute Gasteiger partial charge is 0.358 e. The molecular formula is C6H6N4O3. The molecule has 0 radical (unpaired) electrons. The highest BCUT2D eigenvalue weighted by atomic mass is 16.6. The number of aromatic nitrogens is 1. The lowest BCUT2D eigenvalue weighted by atomic mass is 10.4. The fourth-order valence-corrected chi connectivity index (χ4v) is 0.826. The van der Waals surface area contributed by atoms with Gasteiger partial charge in [0.15, 0.2) is 5.69 Å². The van der Waals surface area contributed by atoms with Gasteiger partial charge in [-0.1, -0.05) is 0 Å². The third-order valence-electron chi connectivity index (χ3n) is 1.41. The molecule has 0 unspecified atom stereocenters. The Morgan fingerprint density at radius 1 is 1.69 bits per heavy atom. The molecule has 0 saturated heterocycles. The van der Waals surface area contributed by atoms with Gasteiger partial charge in [0.25, 0.3) is 0 Å². The van der Waals surface area contributed by atoms with Crippen LogP contribution in [0.15, 0.2) is 23.6 Å². The number of hydrogen-bond donors (Lipinski definition) is 0. The van der Waals surface area contributed by atoms with Gasteiger partial charge in [-0.25, -0.2) is 5.01 Å². The first-order valence-electron chi connectivity index (χ1n) is 3.33. The third kappa shape index (κ3) is 1.75. The fraction of sp³-hybridized carbons (Fsp3) is 0.167. The van der Waals surface area contributed by atoms with Crippen LogP contribution in [0.3, 0.4) is 0 Å². The summed E-state index contributed by atoms with van der Waals surface area (Å²) in [5, 5.41) is 13.8. The maximum atomic E-state index is 10.4. The van der Waals surface area contributed by atoms with Crippen molar-refractivity contribution in [2.75, 3.05) is 12.1 Å². The van der Waals surface area contributed by atoms with E-state index in [4.69, 9.17) is 0 Å². The van der Waals surface area contributed by atoms with Crippen molar-refractivity contribution in [2.24, 2.45) is 5.29 Å². The third-order valence-corrected chi connectivity index (χ3v) is 1.41. The van der Waals surface area contributed by atoms with Gasteiger partial charge < -0.3 is 10.1 Å².